The first-order valence-corrected chi connectivity index (χ1v) is 7.14. The summed E-state index contributed by atoms with van der Waals surface area (Å²) < 4.78 is 0. The highest BCUT2D eigenvalue weighted by molar-refractivity contribution is 8.00. The minimum atomic E-state index is 0.447. The summed E-state index contributed by atoms with van der Waals surface area (Å²) in [4.78, 5) is 0.447. The molecular weight excluding hydrogens is 190 g/mol. The molecule has 1 saturated heterocycles. The van der Waals surface area contributed by atoms with Crippen molar-refractivity contribution in [2.45, 2.75) is 50.8 Å². The molecule has 1 aliphatic heterocycles. The Balaban J connectivity index is 2.01. The molecule has 0 amide bonds. The van der Waals surface area contributed by atoms with Crippen molar-refractivity contribution in [2.24, 2.45) is 11.8 Å². The van der Waals surface area contributed by atoms with Gasteiger partial charge in [0.15, 0.2) is 0 Å². The number of hydrogen-bond donors (Lipinski definition) is 1. The van der Waals surface area contributed by atoms with Gasteiger partial charge in [0.05, 0.1) is 4.87 Å². The lowest BCUT2D eigenvalue weighted by Gasteiger charge is -2.44. The summed E-state index contributed by atoms with van der Waals surface area (Å²) >= 11 is 2.20. The van der Waals surface area contributed by atoms with Crippen LogP contribution in [-0.4, -0.2) is 17.2 Å². The second-order valence-corrected chi connectivity index (χ2v) is 6.37. The Bertz CT molecular complexity index is 179. The third-order valence-electron chi connectivity index (χ3n) is 3.92. The predicted molar refractivity (Wildman–Crippen MR) is 64.6 cm³/mol. The highest BCUT2D eigenvalue weighted by Gasteiger charge is 2.41. The van der Waals surface area contributed by atoms with Crippen LogP contribution >= 0.6 is 11.8 Å². The Morgan fingerprint density at radius 3 is 2.57 bits per heavy atom. The zero-order valence-electron chi connectivity index (χ0n) is 9.51. The van der Waals surface area contributed by atoms with Gasteiger partial charge in [0.1, 0.15) is 0 Å². The SMILES string of the molecule is CCC1(C2CCCC2)NCC(C)CS1. The molecule has 2 atom stereocenters. The lowest BCUT2D eigenvalue weighted by molar-refractivity contribution is 0.287. The van der Waals surface area contributed by atoms with Gasteiger partial charge in [-0.1, -0.05) is 26.7 Å². The number of hydrogen-bond acceptors (Lipinski definition) is 2. The topological polar surface area (TPSA) is 12.0 Å². The first-order valence-electron chi connectivity index (χ1n) is 6.16. The van der Waals surface area contributed by atoms with E-state index in [1.807, 2.05) is 0 Å². The maximum Gasteiger partial charge on any atom is 0.0671 e. The van der Waals surface area contributed by atoms with Crippen LogP contribution in [-0.2, 0) is 0 Å². The van der Waals surface area contributed by atoms with Crippen molar-refractivity contribution in [3.8, 4) is 0 Å². The fourth-order valence-electron chi connectivity index (χ4n) is 2.92. The molecule has 2 aliphatic rings. The molecule has 2 rings (SSSR count). The van der Waals surface area contributed by atoms with Crippen molar-refractivity contribution in [3.05, 3.63) is 0 Å². The normalized spacial score (nSPS) is 40.3. The zero-order valence-corrected chi connectivity index (χ0v) is 10.3. The Labute approximate surface area is 92.4 Å². The van der Waals surface area contributed by atoms with Crippen molar-refractivity contribution >= 4 is 11.8 Å². The van der Waals surface area contributed by atoms with Crippen molar-refractivity contribution in [1.29, 1.82) is 0 Å². The molecule has 1 aliphatic carbocycles. The maximum absolute atomic E-state index is 3.84. The highest BCUT2D eigenvalue weighted by Crippen LogP contribution is 2.45. The molecule has 1 saturated carbocycles. The van der Waals surface area contributed by atoms with Crippen molar-refractivity contribution in [2.75, 3.05) is 12.3 Å². The van der Waals surface area contributed by atoms with Crippen molar-refractivity contribution in [1.82, 2.24) is 5.32 Å². The second-order valence-electron chi connectivity index (χ2n) is 5.02. The largest absolute Gasteiger partial charge is 0.302 e. The summed E-state index contributed by atoms with van der Waals surface area (Å²) in [5.74, 6) is 3.17. The first kappa shape index (κ1) is 10.8. The molecule has 0 aromatic heterocycles. The van der Waals surface area contributed by atoms with Crippen LogP contribution < -0.4 is 5.32 Å². The van der Waals surface area contributed by atoms with Gasteiger partial charge < -0.3 is 5.32 Å². The molecule has 0 bridgehead atoms. The number of nitrogens with one attached hydrogen (secondary N) is 1. The zero-order chi connectivity index (χ0) is 10.0. The summed E-state index contributed by atoms with van der Waals surface area (Å²) in [5.41, 5.74) is 0. The van der Waals surface area contributed by atoms with E-state index < -0.39 is 0 Å². The van der Waals surface area contributed by atoms with Gasteiger partial charge in [-0.3, -0.25) is 0 Å². The van der Waals surface area contributed by atoms with E-state index in [1.165, 1.54) is 44.4 Å². The molecule has 82 valence electrons. The molecule has 2 fully saturated rings. The number of thioether (sulfide) groups is 1. The molecule has 1 N–H and O–H groups in total. The van der Waals surface area contributed by atoms with E-state index in [0.29, 0.717) is 4.87 Å². The first-order chi connectivity index (χ1) is 6.77. The quantitative estimate of drug-likeness (QED) is 0.755. The monoisotopic (exact) mass is 213 g/mol. The van der Waals surface area contributed by atoms with Crippen LogP contribution in [0.3, 0.4) is 0 Å². The molecule has 2 unspecified atom stereocenters. The van der Waals surface area contributed by atoms with Crippen LogP contribution in [0.2, 0.25) is 0 Å². The van der Waals surface area contributed by atoms with Gasteiger partial charge in [0.25, 0.3) is 0 Å². The Morgan fingerprint density at radius 1 is 1.36 bits per heavy atom. The number of rotatable bonds is 2. The van der Waals surface area contributed by atoms with E-state index in [0.717, 1.165) is 11.8 Å². The van der Waals surface area contributed by atoms with Gasteiger partial charge in [-0.25, -0.2) is 0 Å². The molecule has 2 heteroatoms. The standard InChI is InChI=1S/C12H23NS/c1-3-12(11-6-4-5-7-11)13-8-10(2)9-14-12/h10-11,13H,3-9H2,1-2H3. The molecule has 0 aromatic rings. The lowest BCUT2D eigenvalue weighted by atomic mass is 9.94. The van der Waals surface area contributed by atoms with E-state index in [1.54, 1.807) is 0 Å². The molecule has 0 radical (unpaired) electrons. The van der Waals surface area contributed by atoms with Crippen LogP contribution in [0.5, 0.6) is 0 Å². The molecule has 1 nitrogen and oxygen atoms in total. The van der Waals surface area contributed by atoms with Gasteiger partial charge in [-0.15, -0.1) is 11.8 Å². The van der Waals surface area contributed by atoms with Crippen molar-refractivity contribution in [3.63, 3.8) is 0 Å². The summed E-state index contributed by atoms with van der Waals surface area (Å²) in [6, 6.07) is 0. The average molecular weight is 213 g/mol. The second kappa shape index (κ2) is 4.44. The predicted octanol–water partition coefficient (Wildman–Crippen LogP) is 3.26. The van der Waals surface area contributed by atoms with Crippen LogP contribution in [0, 0.1) is 11.8 Å². The van der Waals surface area contributed by atoms with Crippen LogP contribution in [0.25, 0.3) is 0 Å². The fraction of sp³-hybridized carbons (Fsp3) is 1.00. The van der Waals surface area contributed by atoms with Gasteiger partial charge in [0, 0.05) is 0 Å². The van der Waals surface area contributed by atoms with Gasteiger partial charge >= 0.3 is 0 Å². The van der Waals surface area contributed by atoms with Gasteiger partial charge in [0.2, 0.25) is 0 Å². The summed E-state index contributed by atoms with van der Waals surface area (Å²) in [6.07, 6.45) is 7.15. The third-order valence-corrected chi connectivity index (χ3v) is 5.93. The summed E-state index contributed by atoms with van der Waals surface area (Å²) in [5, 5.41) is 3.84. The Morgan fingerprint density at radius 2 is 2.07 bits per heavy atom. The van der Waals surface area contributed by atoms with Crippen LogP contribution in [0.15, 0.2) is 0 Å². The van der Waals surface area contributed by atoms with E-state index in [4.69, 9.17) is 0 Å². The maximum atomic E-state index is 3.84. The summed E-state index contributed by atoms with van der Waals surface area (Å²) in [7, 11) is 0. The molecule has 1 heterocycles. The molecule has 14 heavy (non-hydrogen) atoms. The smallest absolute Gasteiger partial charge is 0.0671 e. The minimum Gasteiger partial charge on any atom is -0.302 e. The van der Waals surface area contributed by atoms with E-state index >= 15 is 0 Å². The third kappa shape index (κ3) is 1.96. The Hall–Kier alpha value is 0.310. The minimum absolute atomic E-state index is 0.447. The summed E-state index contributed by atoms with van der Waals surface area (Å²) in [6.45, 7) is 5.94. The van der Waals surface area contributed by atoms with Gasteiger partial charge in [-0.05, 0) is 43.4 Å². The van der Waals surface area contributed by atoms with E-state index in [-0.39, 0.29) is 0 Å². The fourth-order valence-corrected chi connectivity index (χ4v) is 4.48. The molecular formula is C12H23NS. The van der Waals surface area contributed by atoms with Gasteiger partial charge in [-0.2, -0.15) is 0 Å². The van der Waals surface area contributed by atoms with Crippen molar-refractivity contribution < 1.29 is 0 Å². The lowest BCUT2D eigenvalue weighted by Crippen LogP contribution is -2.52. The molecule has 0 aromatic carbocycles. The average Bonchev–Trinajstić information content (AvgIpc) is 2.73. The van der Waals surface area contributed by atoms with E-state index in [9.17, 15) is 0 Å². The van der Waals surface area contributed by atoms with Crippen LogP contribution in [0.4, 0.5) is 0 Å². The Kier molecular flexibility index (Phi) is 3.43. The molecule has 0 spiro atoms. The highest BCUT2D eigenvalue weighted by atomic mass is 32.2. The van der Waals surface area contributed by atoms with Crippen LogP contribution in [0.1, 0.15) is 46.0 Å². The van der Waals surface area contributed by atoms with E-state index in [2.05, 4.69) is 30.9 Å².